The number of rotatable bonds is 5. The Morgan fingerprint density at radius 2 is 1.37 bits per heavy atom. The summed E-state index contributed by atoms with van der Waals surface area (Å²) in [6.07, 6.45) is 18.6. The van der Waals surface area contributed by atoms with Crippen LogP contribution in [-0.4, -0.2) is 53.9 Å². The van der Waals surface area contributed by atoms with E-state index in [9.17, 15) is 0 Å². The average Bonchev–Trinajstić information content (AvgIpc) is 2.72. The van der Waals surface area contributed by atoms with Crippen LogP contribution in [0.3, 0.4) is 0 Å². The van der Waals surface area contributed by atoms with Crippen LogP contribution in [0, 0.1) is 23.7 Å². The van der Waals surface area contributed by atoms with E-state index in [0.717, 1.165) is 29.7 Å². The smallest absolute Gasteiger partial charge is 0.0336 e. The Labute approximate surface area is 204 Å². The number of nitrogens with zero attached hydrogens (tertiary/aromatic N) is 2. The number of hydrogen-bond acceptors (Lipinski definition) is 2. The molecule has 4 rings (SSSR count). The van der Waals surface area contributed by atoms with Gasteiger partial charge in [-0.3, -0.25) is 4.90 Å². The molecule has 0 amide bonds. The Bertz CT molecular complexity index is 455. The van der Waals surface area contributed by atoms with Gasteiger partial charge in [0.1, 0.15) is 0 Å². The first-order chi connectivity index (χ1) is 13.7. The van der Waals surface area contributed by atoms with Gasteiger partial charge in [-0.15, -0.1) is 36.4 Å². The lowest BCUT2D eigenvalue weighted by Gasteiger charge is -2.48. The highest BCUT2D eigenvalue weighted by Gasteiger charge is 2.38. The Hall–Kier alpha value is 0.790. The van der Waals surface area contributed by atoms with Crippen LogP contribution in [0.2, 0.25) is 0 Å². The fourth-order valence-corrected chi connectivity index (χ4v) is 7.46. The van der Waals surface area contributed by atoms with E-state index >= 15 is 0 Å². The molecule has 2 nitrogen and oxygen atoms in total. The minimum absolute atomic E-state index is 0. The van der Waals surface area contributed by atoms with Crippen LogP contribution in [0.5, 0.6) is 0 Å². The first-order valence-electron chi connectivity index (χ1n) is 12.8. The van der Waals surface area contributed by atoms with Crippen LogP contribution in [0.25, 0.3) is 0 Å². The second-order valence-electron chi connectivity index (χ2n) is 10.9. The predicted octanol–water partition coefficient (Wildman–Crippen LogP) is 7.02. The minimum atomic E-state index is 0. The van der Waals surface area contributed by atoms with E-state index in [2.05, 4.69) is 16.7 Å². The molecule has 1 saturated heterocycles. The largest absolute Gasteiger partial charge is 0.301 e. The van der Waals surface area contributed by atoms with Crippen molar-refractivity contribution in [2.75, 3.05) is 32.7 Å². The van der Waals surface area contributed by atoms with Gasteiger partial charge in [0.25, 0.3) is 0 Å². The van der Waals surface area contributed by atoms with Gasteiger partial charge < -0.3 is 4.90 Å². The van der Waals surface area contributed by atoms with Crippen molar-refractivity contribution in [1.82, 2.24) is 9.80 Å². The van der Waals surface area contributed by atoms with Crippen molar-refractivity contribution in [2.45, 2.75) is 102 Å². The molecule has 0 aromatic carbocycles. The van der Waals surface area contributed by atoms with Crippen LogP contribution >= 0.6 is 36.4 Å². The summed E-state index contributed by atoms with van der Waals surface area (Å²) in [5, 5.41) is 0.456. The summed E-state index contributed by atoms with van der Waals surface area (Å²) in [6, 6.07) is 0.862. The molecule has 5 heteroatoms. The van der Waals surface area contributed by atoms with Gasteiger partial charge in [-0.1, -0.05) is 39.0 Å². The third-order valence-electron chi connectivity index (χ3n) is 8.71. The highest BCUT2D eigenvalue weighted by molar-refractivity contribution is 6.20. The van der Waals surface area contributed by atoms with E-state index in [0.29, 0.717) is 5.38 Å². The van der Waals surface area contributed by atoms with Crippen LogP contribution in [0.1, 0.15) is 90.4 Å². The van der Waals surface area contributed by atoms with Crippen LogP contribution in [0.4, 0.5) is 0 Å². The molecule has 3 saturated carbocycles. The first-order valence-corrected chi connectivity index (χ1v) is 13.2. The van der Waals surface area contributed by atoms with Crippen molar-refractivity contribution < 1.29 is 0 Å². The fraction of sp³-hybridized carbons (Fsp3) is 1.00. The molecule has 4 fully saturated rings. The van der Waals surface area contributed by atoms with E-state index in [1.54, 1.807) is 0 Å². The summed E-state index contributed by atoms with van der Waals surface area (Å²) in [6.45, 7) is 9.13. The molecule has 0 N–H and O–H groups in total. The molecule has 1 aliphatic heterocycles. The summed E-state index contributed by atoms with van der Waals surface area (Å²) in [4.78, 5) is 5.77. The van der Waals surface area contributed by atoms with Crippen molar-refractivity contribution in [3.63, 3.8) is 0 Å². The van der Waals surface area contributed by atoms with Crippen LogP contribution in [-0.2, 0) is 0 Å². The quantitative estimate of drug-likeness (QED) is 0.389. The maximum absolute atomic E-state index is 6.46. The van der Waals surface area contributed by atoms with E-state index in [-0.39, 0.29) is 24.8 Å². The van der Waals surface area contributed by atoms with Gasteiger partial charge in [0.15, 0.2) is 0 Å². The summed E-state index contributed by atoms with van der Waals surface area (Å²) < 4.78 is 0. The second-order valence-corrected chi connectivity index (χ2v) is 11.5. The molecule has 4 aliphatic rings. The van der Waals surface area contributed by atoms with Gasteiger partial charge in [0.05, 0.1) is 0 Å². The lowest BCUT2D eigenvalue weighted by Crippen LogP contribution is -2.56. The molecule has 3 atom stereocenters. The summed E-state index contributed by atoms with van der Waals surface area (Å²) in [7, 11) is 0. The molecule has 0 bridgehead atoms. The molecule has 0 aromatic rings. The molecule has 1 heterocycles. The Morgan fingerprint density at radius 1 is 0.733 bits per heavy atom. The number of hydrogen-bond donors (Lipinski definition) is 0. The minimum Gasteiger partial charge on any atom is -0.301 e. The van der Waals surface area contributed by atoms with E-state index in [4.69, 9.17) is 11.6 Å². The highest BCUT2D eigenvalue weighted by Crippen LogP contribution is 2.40. The Kier molecular flexibility index (Phi) is 12.2. The summed E-state index contributed by atoms with van der Waals surface area (Å²) in [5.74, 6) is 3.83. The van der Waals surface area contributed by atoms with Gasteiger partial charge in [-0.25, -0.2) is 0 Å². The zero-order valence-corrected chi connectivity index (χ0v) is 21.7. The van der Waals surface area contributed by atoms with E-state index in [1.807, 2.05) is 0 Å². The predicted molar refractivity (Wildman–Crippen MR) is 136 cm³/mol. The fourth-order valence-electron chi connectivity index (χ4n) is 7.21. The van der Waals surface area contributed by atoms with Gasteiger partial charge in [-0.05, 0) is 75.0 Å². The van der Waals surface area contributed by atoms with Crippen molar-refractivity contribution in [2.24, 2.45) is 23.7 Å². The number of halogens is 3. The van der Waals surface area contributed by atoms with E-state index < -0.39 is 0 Å². The van der Waals surface area contributed by atoms with Crippen molar-refractivity contribution in [1.29, 1.82) is 0 Å². The normalized spacial score (nSPS) is 35.8. The second kappa shape index (κ2) is 13.5. The maximum atomic E-state index is 6.46. The number of alkyl halides is 1. The Morgan fingerprint density at radius 3 is 2.00 bits per heavy atom. The van der Waals surface area contributed by atoms with Crippen molar-refractivity contribution >= 4 is 36.4 Å². The first kappa shape index (κ1) is 27.0. The SMILES string of the molecule is CC1CCCC(CN2CCN(C(C3CCCCC3)C3CCC(Cl)CC3)CC2)C1.Cl.Cl. The standard InChI is InChI=1S/C25H45ClN2.2ClH/c1-20-6-5-7-21(18-20)19-27-14-16-28(17-15-27)25(22-8-3-2-4-9-22)23-10-12-24(26)13-11-23;;/h20-25H,2-19H2,1H3;2*1H. The molecule has 30 heavy (non-hydrogen) atoms. The number of piperazine rings is 1. The van der Waals surface area contributed by atoms with Crippen molar-refractivity contribution in [3.8, 4) is 0 Å². The summed E-state index contributed by atoms with van der Waals surface area (Å²) >= 11 is 6.46. The summed E-state index contributed by atoms with van der Waals surface area (Å²) in [5.41, 5.74) is 0. The molecule has 178 valence electrons. The topological polar surface area (TPSA) is 6.48 Å². The Balaban J connectivity index is 0.00000160. The van der Waals surface area contributed by atoms with Crippen LogP contribution in [0.15, 0.2) is 0 Å². The zero-order valence-electron chi connectivity index (χ0n) is 19.3. The monoisotopic (exact) mass is 480 g/mol. The highest BCUT2D eigenvalue weighted by atomic mass is 35.5. The molecular weight excluding hydrogens is 435 g/mol. The molecule has 3 aliphatic carbocycles. The van der Waals surface area contributed by atoms with Crippen molar-refractivity contribution in [3.05, 3.63) is 0 Å². The molecule has 0 aromatic heterocycles. The lowest BCUT2D eigenvalue weighted by molar-refractivity contribution is 0.0119. The van der Waals surface area contributed by atoms with Crippen LogP contribution < -0.4 is 0 Å². The zero-order chi connectivity index (χ0) is 19.3. The lowest BCUT2D eigenvalue weighted by atomic mass is 9.73. The van der Waals surface area contributed by atoms with Gasteiger partial charge in [-0.2, -0.15) is 0 Å². The molecule has 0 radical (unpaired) electrons. The third kappa shape index (κ3) is 7.41. The third-order valence-corrected chi connectivity index (χ3v) is 9.14. The maximum Gasteiger partial charge on any atom is 0.0336 e. The van der Waals surface area contributed by atoms with Gasteiger partial charge in [0.2, 0.25) is 0 Å². The van der Waals surface area contributed by atoms with Gasteiger partial charge in [0, 0.05) is 44.1 Å². The molecule has 3 unspecified atom stereocenters. The van der Waals surface area contributed by atoms with Gasteiger partial charge >= 0.3 is 0 Å². The van der Waals surface area contributed by atoms with E-state index in [1.165, 1.54) is 116 Å². The average molecular weight is 482 g/mol. The molecular formula is C25H47Cl3N2. The molecule has 0 spiro atoms.